The predicted octanol–water partition coefficient (Wildman–Crippen LogP) is 3.83. The van der Waals surface area contributed by atoms with Gasteiger partial charge in [-0.2, -0.15) is 0 Å². The zero-order valence-corrected chi connectivity index (χ0v) is 18.9. The fraction of sp³-hybridized carbons (Fsp3) is 0.231. The van der Waals surface area contributed by atoms with Gasteiger partial charge in [-0.15, -0.1) is 0 Å². The molecule has 33 heavy (non-hydrogen) atoms. The molecule has 0 atom stereocenters. The van der Waals surface area contributed by atoms with Gasteiger partial charge in [-0.1, -0.05) is 24.3 Å². The molecule has 0 spiro atoms. The summed E-state index contributed by atoms with van der Waals surface area (Å²) in [4.78, 5) is 24.7. The van der Waals surface area contributed by atoms with Gasteiger partial charge in [0.15, 0.2) is 11.5 Å². The minimum atomic E-state index is -0.435. The van der Waals surface area contributed by atoms with E-state index < -0.39 is 5.97 Å². The molecule has 0 aliphatic rings. The molecule has 172 valence electrons. The quantitative estimate of drug-likeness (QED) is 0.374. The molecule has 3 aromatic carbocycles. The van der Waals surface area contributed by atoms with E-state index in [1.807, 2.05) is 12.1 Å². The van der Waals surface area contributed by atoms with E-state index in [0.29, 0.717) is 41.5 Å². The van der Waals surface area contributed by atoms with Crippen molar-refractivity contribution in [2.45, 2.75) is 12.8 Å². The Bertz CT molecular complexity index is 1100. The van der Waals surface area contributed by atoms with Crippen molar-refractivity contribution in [2.24, 2.45) is 0 Å². The average Bonchev–Trinajstić information content (AvgIpc) is 2.84. The maximum atomic E-state index is 12.4. The molecule has 0 heterocycles. The zero-order valence-electron chi connectivity index (χ0n) is 18.9. The molecule has 0 unspecified atom stereocenters. The van der Waals surface area contributed by atoms with Crippen LogP contribution < -0.4 is 24.3 Å². The molecule has 0 saturated carbocycles. The summed E-state index contributed by atoms with van der Waals surface area (Å²) in [7, 11) is 4.70. The second-order valence-corrected chi connectivity index (χ2v) is 7.20. The molecular formula is C26H27NO6. The highest BCUT2D eigenvalue weighted by Crippen LogP contribution is 2.28. The smallest absolute Gasteiger partial charge is 0.343 e. The third kappa shape index (κ3) is 6.49. The number of hydrogen-bond acceptors (Lipinski definition) is 6. The molecule has 3 aromatic rings. The van der Waals surface area contributed by atoms with Crippen LogP contribution in [0.15, 0.2) is 66.7 Å². The van der Waals surface area contributed by atoms with Crippen molar-refractivity contribution >= 4 is 11.9 Å². The topological polar surface area (TPSA) is 83.1 Å². The van der Waals surface area contributed by atoms with Crippen LogP contribution in [-0.2, 0) is 17.6 Å². The lowest BCUT2D eigenvalue weighted by Crippen LogP contribution is -2.27. The monoisotopic (exact) mass is 449 g/mol. The van der Waals surface area contributed by atoms with E-state index in [2.05, 4.69) is 5.32 Å². The number of hydrogen-bond donors (Lipinski definition) is 1. The van der Waals surface area contributed by atoms with Crippen LogP contribution in [0.3, 0.4) is 0 Å². The van der Waals surface area contributed by atoms with Crippen molar-refractivity contribution in [1.82, 2.24) is 5.32 Å². The van der Waals surface area contributed by atoms with Crippen molar-refractivity contribution in [3.05, 3.63) is 83.4 Å². The number of amides is 1. The number of esters is 1. The van der Waals surface area contributed by atoms with Gasteiger partial charge in [0.1, 0.15) is 11.5 Å². The van der Waals surface area contributed by atoms with Crippen molar-refractivity contribution in [3.8, 4) is 23.0 Å². The van der Waals surface area contributed by atoms with Crippen molar-refractivity contribution in [3.63, 3.8) is 0 Å². The van der Waals surface area contributed by atoms with E-state index in [1.165, 1.54) is 0 Å². The van der Waals surface area contributed by atoms with Crippen LogP contribution in [0.4, 0.5) is 0 Å². The highest BCUT2D eigenvalue weighted by Gasteiger charge is 2.12. The van der Waals surface area contributed by atoms with Crippen LogP contribution >= 0.6 is 0 Å². The first kappa shape index (κ1) is 23.7. The normalized spacial score (nSPS) is 10.3. The van der Waals surface area contributed by atoms with Gasteiger partial charge in [-0.25, -0.2) is 4.79 Å². The average molecular weight is 450 g/mol. The lowest BCUT2D eigenvalue weighted by Gasteiger charge is -2.12. The number of ether oxygens (including phenoxy) is 4. The van der Waals surface area contributed by atoms with Crippen LogP contribution in [-0.4, -0.2) is 39.8 Å². The highest BCUT2D eigenvalue weighted by molar-refractivity contribution is 5.91. The van der Waals surface area contributed by atoms with E-state index in [4.69, 9.17) is 18.9 Å². The molecular weight excluding hydrogens is 422 g/mol. The van der Waals surface area contributed by atoms with Crippen LogP contribution in [0.5, 0.6) is 23.0 Å². The van der Waals surface area contributed by atoms with Gasteiger partial charge < -0.3 is 24.3 Å². The number of nitrogens with one attached hydrogen (secondary N) is 1. The van der Waals surface area contributed by atoms with Gasteiger partial charge in [0.2, 0.25) is 5.91 Å². The van der Waals surface area contributed by atoms with E-state index in [0.717, 1.165) is 11.1 Å². The Hall–Kier alpha value is -4.00. The van der Waals surface area contributed by atoms with Crippen molar-refractivity contribution < 1.29 is 28.5 Å². The summed E-state index contributed by atoms with van der Waals surface area (Å²) < 4.78 is 21.4. The number of methoxy groups -OCH3 is 3. The summed E-state index contributed by atoms with van der Waals surface area (Å²) in [6.45, 7) is 0.401. The molecule has 3 rings (SSSR count). The third-order valence-electron chi connectivity index (χ3n) is 5.00. The molecule has 0 aliphatic heterocycles. The van der Waals surface area contributed by atoms with Gasteiger partial charge in [-0.3, -0.25) is 4.79 Å². The highest BCUT2D eigenvalue weighted by atomic mass is 16.5. The summed E-state index contributed by atoms with van der Waals surface area (Å²) in [6.07, 6.45) is 0.726. The van der Waals surface area contributed by atoms with Crippen LogP contribution in [0, 0.1) is 0 Å². The summed E-state index contributed by atoms with van der Waals surface area (Å²) in [5.74, 6) is 1.71. The van der Waals surface area contributed by atoms with E-state index in [-0.39, 0.29) is 12.3 Å². The summed E-state index contributed by atoms with van der Waals surface area (Å²) >= 11 is 0. The molecule has 0 aliphatic carbocycles. The Morgan fingerprint density at radius 3 is 2.18 bits per heavy atom. The molecule has 1 N–H and O–H groups in total. The Kier molecular flexibility index (Phi) is 8.30. The summed E-state index contributed by atoms with van der Waals surface area (Å²) in [6, 6.07) is 19.3. The van der Waals surface area contributed by atoms with E-state index in [1.54, 1.807) is 75.9 Å². The van der Waals surface area contributed by atoms with Crippen LogP contribution in [0.2, 0.25) is 0 Å². The van der Waals surface area contributed by atoms with E-state index in [9.17, 15) is 9.59 Å². The molecule has 7 heteroatoms. The molecule has 7 nitrogen and oxygen atoms in total. The largest absolute Gasteiger partial charge is 0.496 e. The maximum absolute atomic E-state index is 12.4. The summed E-state index contributed by atoms with van der Waals surface area (Å²) in [5.41, 5.74) is 2.11. The first-order chi connectivity index (χ1) is 16.0. The second-order valence-electron chi connectivity index (χ2n) is 7.20. The number of rotatable bonds is 10. The van der Waals surface area contributed by atoms with Crippen molar-refractivity contribution in [1.29, 1.82) is 0 Å². The minimum Gasteiger partial charge on any atom is -0.496 e. The fourth-order valence-electron chi connectivity index (χ4n) is 3.33. The Balaban J connectivity index is 1.58. The second kappa shape index (κ2) is 11.6. The Labute approximate surface area is 193 Å². The third-order valence-corrected chi connectivity index (χ3v) is 5.00. The van der Waals surface area contributed by atoms with Gasteiger partial charge >= 0.3 is 5.97 Å². The standard InChI is InChI=1S/C26H27NO6/c1-30-22-12-10-21(33-26(29)19-7-5-4-6-8-19)17-20(22)13-14-27-25(28)16-18-9-11-23(31-2)24(15-18)32-3/h4-12,15,17H,13-14,16H2,1-3H3,(H,27,28). The predicted molar refractivity (Wildman–Crippen MR) is 124 cm³/mol. The first-order valence-corrected chi connectivity index (χ1v) is 10.5. The van der Waals surface area contributed by atoms with Gasteiger partial charge in [0.05, 0.1) is 33.3 Å². The van der Waals surface area contributed by atoms with Crippen LogP contribution in [0.25, 0.3) is 0 Å². The van der Waals surface area contributed by atoms with Crippen molar-refractivity contribution in [2.75, 3.05) is 27.9 Å². The molecule has 1 amide bonds. The zero-order chi connectivity index (χ0) is 23.6. The molecule has 0 bridgehead atoms. The lowest BCUT2D eigenvalue weighted by molar-refractivity contribution is -0.120. The lowest BCUT2D eigenvalue weighted by atomic mass is 10.1. The maximum Gasteiger partial charge on any atom is 0.343 e. The van der Waals surface area contributed by atoms with Crippen LogP contribution in [0.1, 0.15) is 21.5 Å². The summed E-state index contributed by atoms with van der Waals surface area (Å²) in [5, 5.41) is 2.91. The molecule has 0 saturated heterocycles. The van der Waals surface area contributed by atoms with E-state index >= 15 is 0 Å². The van der Waals surface area contributed by atoms with Gasteiger partial charge in [0, 0.05) is 6.54 Å². The number of carbonyl (C=O) groups excluding carboxylic acids is 2. The molecule has 0 fully saturated rings. The Morgan fingerprint density at radius 2 is 1.48 bits per heavy atom. The minimum absolute atomic E-state index is 0.118. The van der Waals surface area contributed by atoms with Gasteiger partial charge in [-0.05, 0) is 60.0 Å². The number of carbonyl (C=O) groups is 2. The SMILES string of the molecule is COc1ccc(OC(=O)c2ccccc2)cc1CCNC(=O)Cc1ccc(OC)c(OC)c1. The Morgan fingerprint density at radius 1 is 0.788 bits per heavy atom. The molecule has 0 radical (unpaired) electrons. The fourth-order valence-corrected chi connectivity index (χ4v) is 3.33. The molecule has 0 aromatic heterocycles. The first-order valence-electron chi connectivity index (χ1n) is 10.5. The number of benzene rings is 3. The van der Waals surface area contributed by atoms with Gasteiger partial charge in [0.25, 0.3) is 0 Å².